The third kappa shape index (κ3) is 5.53. The van der Waals surface area contributed by atoms with Crippen LogP contribution in [0.2, 0.25) is 0 Å². The van der Waals surface area contributed by atoms with Crippen molar-refractivity contribution in [2.45, 2.75) is 0 Å². The van der Waals surface area contributed by atoms with Crippen LogP contribution in [-0.2, 0) is 10.1 Å². The summed E-state index contributed by atoms with van der Waals surface area (Å²) in [5, 5.41) is 0.752. The summed E-state index contributed by atoms with van der Waals surface area (Å²) in [7, 11) is -4.00. The van der Waals surface area contributed by atoms with Crippen molar-refractivity contribution in [3.63, 3.8) is 0 Å². The lowest BCUT2D eigenvalue weighted by atomic mass is 10.2. The standard InChI is InChI=1S/C8H8O3S.H3P/c9-12(10,11)7-6-8-4-2-1-3-5-8;/h1-7H,(H,9,10,11);1H3. The van der Waals surface area contributed by atoms with Crippen LogP contribution in [0.1, 0.15) is 5.56 Å². The Balaban J connectivity index is 0.00000144. The summed E-state index contributed by atoms with van der Waals surface area (Å²) in [5.41, 5.74) is 0.732. The maximum Gasteiger partial charge on any atom is 0.287 e. The molecule has 1 aromatic carbocycles. The lowest BCUT2D eigenvalue weighted by Gasteiger charge is -1.89. The molecule has 0 aliphatic heterocycles. The Morgan fingerprint density at radius 3 is 2.15 bits per heavy atom. The van der Waals surface area contributed by atoms with Gasteiger partial charge < -0.3 is 0 Å². The highest BCUT2D eigenvalue weighted by Gasteiger charge is 1.94. The van der Waals surface area contributed by atoms with Crippen LogP contribution >= 0.6 is 9.90 Å². The van der Waals surface area contributed by atoms with Crippen molar-refractivity contribution in [1.29, 1.82) is 0 Å². The average molecular weight is 218 g/mol. The smallest absolute Gasteiger partial charge is 0.282 e. The highest BCUT2D eigenvalue weighted by molar-refractivity contribution is 7.88. The van der Waals surface area contributed by atoms with E-state index in [9.17, 15) is 8.42 Å². The molecule has 1 unspecified atom stereocenters. The third-order valence-corrected chi connectivity index (χ3v) is 1.71. The summed E-state index contributed by atoms with van der Waals surface area (Å²) in [4.78, 5) is 0. The van der Waals surface area contributed by atoms with Gasteiger partial charge in [0.1, 0.15) is 0 Å². The second kappa shape index (κ2) is 5.12. The number of hydrogen-bond acceptors (Lipinski definition) is 2. The molecule has 1 atom stereocenters. The van der Waals surface area contributed by atoms with Gasteiger partial charge in [0.25, 0.3) is 10.1 Å². The number of hydrogen-bond donors (Lipinski definition) is 1. The summed E-state index contributed by atoms with van der Waals surface area (Å²) in [6.07, 6.45) is 1.33. The molecule has 5 heteroatoms. The molecule has 1 aromatic rings. The first kappa shape index (κ1) is 12.3. The fourth-order valence-corrected chi connectivity index (χ4v) is 1.06. The molecule has 0 fully saturated rings. The topological polar surface area (TPSA) is 54.4 Å². The summed E-state index contributed by atoms with van der Waals surface area (Å²) in [5.74, 6) is 0. The van der Waals surface area contributed by atoms with Gasteiger partial charge in [-0.1, -0.05) is 30.3 Å². The molecule has 0 bridgehead atoms. The first-order chi connectivity index (χ1) is 5.58. The highest BCUT2D eigenvalue weighted by Crippen LogP contribution is 2.01. The van der Waals surface area contributed by atoms with E-state index < -0.39 is 10.1 Å². The van der Waals surface area contributed by atoms with Crippen LogP contribution in [0.3, 0.4) is 0 Å². The first-order valence-corrected chi connectivity index (χ1v) is 4.79. The molecule has 0 amide bonds. The zero-order chi connectivity index (χ0) is 9.03. The second-order valence-electron chi connectivity index (χ2n) is 2.23. The Kier molecular flexibility index (Phi) is 4.85. The van der Waals surface area contributed by atoms with Crippen molar-refractivity contribution in [1.82, 2.24) is 0 Å². The van der Waals surface area contributed by atoms with Crippen molar-refractivity contribution in [2.24, 2.45) is 0 Å². The van der Waals surface area contributed by atoms with Gasteiger partial charge in [-0.3, -0.25) is 4.55 Å². The summed E-state index contributed by atoms with van der Waals surface area (Å²) in [6, 6.07) is 8.86. The Bertz CT molecular complexity index is 370. The molecule has 0 spiro atoms. The Hall–Kier alpha value is -0.700. The third-order valence-electron chi connectivity index (χ3n) is 1.23. The monoisotopic (exact) mass is 218 g/mol. The lowest BCUT2D eigenvalue weighted by Crippen LogP contribution is -1.88. The van der Waals surface area contributed by atoms with Crippen LogP contribution in [0.25, 0.3) is 6.08 Å². The molecule has 0 saturated heterocycles. The quantitative estimate of drug-likeness (QED) is 0.606. The van der Waals surface area contributed by atoms with Gasteiger partial charge in [-0.25, -0.2) is 0 Å². The van der Waals surface area contributed by atoms with Gasteiger partial charge >= 0.3 is 0 Å². The molecule has 0 heterocycles. The van der Waals surface area contributed by atoms with Gasteiger partial charge in [-0.05, 0) is 11.6 Å². The fraction of sp³-hybridized carbons (Fsp3) is 0. The van der Waals surface area contributed by atoms with Crippen LogP contribution in [0.5, 0.6) is 0 Å². The molecule has 72 valence electrons. The molecule has 0 radical (unpaired) electrons. The Morgan fingerprint density at radius 1 is 1.15 bits per heavy atom. The van der Waals surface area contributed by atoms with E-state index in [4.69, 9.17) is 4.55 Å². The predicted molar refractivity (Wildman–Crippen MR) is 58.1 cm³/mol. The SMILES string of the molecule is O=S(=O)(O)C=Cc1ccccc1.P. The molecular weight excluding hydrogens is 207 g/mol. The van der Waals surface area contributed by atoms with Gasteiger partial charge in [0, 0.05) is 0 Å². The van der Waals surface area contributed by atoms with Crippen molar-refractivity contribution >= 4 is 26.1 Å². The highest BCUT2D eigenvalue weighted by atomic mass is 32.2. The largest absolute Gasteiger partial charge is 0.287 e. The van der Waals surface area contributed by atoms with Gasteiger partial charge in [0.15, 0.2) is 0 Å². The predicted octanol–water partition coefficient (Wildman–Crippen LogP) is 1.60. The van der Waals surface area contributed by atoms with E-state index in [1.165, 1.54) is 6.08 Å². The normalized spacial score (nSPS) is 11.2. The van der Waals surface area contributed by atoms with Gasteiger partial charge in [-0.2, -0.15) is 18.3 Å². The van der Waals surface area contributed by atoms with E-state index >= 15 is 0 Å². The zero-order valence-corrected chi connectivity index (χ0v) is 9.15. The van der Waals surface area contributed by atoms with Crippen molar-refractivity contribution < 1.29 is 13.0 Å². The van der Waals surface area contributed by atoms with Crippen LogP contribution in [0.15, 0.2) is 35.7 Å². The summed E-state index contributed by atoms with van der Waals surface area (Å²) >= 11 is 0. The van der Waals surface area contributed by atoms with Gasteiger partial charge in [0.05, 0.1) is 5.41 Å². The van der Waals surface area contributed by atoms with E-state index in [1.54, 1.807) is 24.3 Å². The maximum atomic E-state index is 10.3. The molecule has 0 aliphatic carbocycles. The van der Waals surface area contributed by atoms with Crippen molar-refractivity contribution in [3.8, 4) is 0 Å². The minimum Gasteiger partial charge on any atom is -0.282 e. The Labute approximate surface area is 80.9 Å². The molecule has 0 aliphatic rings. The van der Waals surface area contributed by atoms with Crippen molar-refractivity contribution in [3.05, 3.63) is 41.3 Å². The van der Waals surface area contributed by atoms with E-state index in [0.29, 0.717) is 0 Å². The second-order valence-corrected chi connectivity index (χ2v) is 3.53. The molecule has 3 nitrogen and oxygen atoms in total. The van der Waals surface area contributed by atoms with Crippen molar-refractivity contribution in [2.75, 3.05) is 0 Å². The minimum atomic E-state index is -4.00. The summed E-state index contributed by atoms with van der Waals surface area (Å²) in [6.45, 7) is 0. The Morgan fingerprint density at radius 2 is 1.69 bits per heavy atom. The van der Waals surface area contributed by atoms with Crippen LogP contribution in [0.4, 0.5) is 0 Å². The number of benzene rings is 1. The number of rotatable bonds is 2. The molecule has 0 aromatic heterocycles. The van der Waals surface area contributed by atoms with Crippen LogP contribution in [0, 0.1) is 0 Å². The molecule has 13 heavy (non-hydrogen) atoms. The molecule has 0 saturated carbocycles. The maximum absolute atomic E-state index is 10.3. The van der Waals surface area contributed by atoms with Crippen LogP contribution in [-0.4, -0.2) is 13.0 Å². The fourth-order valence-electron chi connectivity index (χ4n) is 0.729. The lowest BCUT2D eigenvalue weighted by molar-refractivity contribution is 0.494. The van der Waals surface area contributed by atoms with E-state index in [2.05, 4.69) is 0 Å². The van der Waals surface area contributed by atoms with Crippen LogP contribution < -0.4 is 0 Å². The first-order valence-electron chi connectivity index (χ1n) is 3.28. The van der Waals surface area contributed by atoms with Gasteiger partial charge in [0.2, 0.25) is 0 Å². The van der Waals surface area contributed by atoms with E-state index in [-0.39, 0.29) is 9.90 Å². The molecule has 1 rings (SSSR count). The molecular formula is C8H11O3PS. The summed E-state index contributed by atoms with van der Waals surface area (Å²) < 4.78 is 28.9. The minimum absolute atomic E-state index is 0. The molecule has 1 N–H and O–H groups in total. The van der Waals surface area contributed by atoms with E-state index in [0.717, 1.165) is 11.0 Å². The average Bonchev–Trinajstić information content (AvgIpc) is 2.02. The zero-order valence-electron chi connectivity index (χ0n) is 6.92. The van der Waals surface area contributed by atoms with Gasteiger partial charge in [-0.15, -0.1) is 0 Å². The van der Waals surface area contributed by atoms with E-state index in [1.807, 2.05) is 6.07 Å².